The number of esters is 4. The number of hydrogen-bond donors (Lipinski definition) is 0. The second-order valence-electron chi connectivity index (χ2n) is 6.22. The molecule has 0 saturated carbocycles. The van der Waals surface area contributed by atoms with Crippen LogP contribution < -0.4 is 0 Å². The summed E-state index contributed by atoms with van der Waals surface area (Å²) in [7, 11) is 2.73. The summed E-state index contributed by atoms with van der Waals surface area (Å²) in [4.78, 5) is 58.9. The highest BCUT2D eigenvalue weighted by Crippen LogP contribution is 2.20. The first-order valence-electron chi connectivity index (χ1n) is 8.78. The quantitative estimate of drug-likeness (QED) is 0.328. The van der Waals surface area contributed by atoms with E-state index < -0.39 is 54.8 Å². The maximum atomic E-state index is 11.9. The summed E-state index contributed by atoms with van der Waals surface area (Å²) in [6.07, 6.45) is -3.60. The highest BCUT2D eigenvalue weighted by Gasteiger charge is 2.42. The largest absolute Gasteiger partial charge is 0.464 e. The molecule has 0 bridgehead atoms. The highest BCUT2D eigenvalue weighted by molar-refractivity contribution is 5.73. The average molecular weight is 419 g/mol. The van der Waals surface area contributed by atoms with E-state index in [0.717, 1.165) is 20.8 Å². The average Bonchev–Trinajstić information content (AvgIpc) is 2.59. The fraction of sp³-hybridized carbons (Fsp3) is 0.722. The normalized spacial score (nSPS) is 14.6. The van der Waals surface area contributed by atoms with Crippen molar-refractivity contribution in [1.29, 1.82) is 0 Å². The highest BCUT2D eigenvalue weighted by atomic mass is 16.6. The van der Waals surface area contributed by atoms with Crippen LogP contribution in [0, 0.1) is 0 Å². The van der Waals surface area contributed by atoms with Gasteiger partial charge in [-0.15, -0.1) is 0 Å². The van der Waals surface area contributed by atoms with E-state index in [-0.39, 0.29) is 12.5 Å². The molecule has 166 valence electrons. The summed E-state index contributed by atoms with van der Waals surface area (Å²) in [5.41, 5.74) is 0. The maximum absolute atomic E-state index is 11.9. The van der Waals surface area contributed by atoms with Crippen molar-refractivity contribution in [2.24, 2.45) is 0 Å². The lowest BCUT2D eigenvalue weighted by molar-refractivity contribution is -0.191. The summed E-state index contributed by atoms with van der Waals surface area (Å²) in [5.74, 6) is -3.06. The van der Waals surface area contributed by atoms with Gasteiger partial charge in [0.15, 0.2) is 12.2 Å². The fourth-order valence-electron chi connectivity index (χ4n) is 2.53. The molecule has 0 radical (unpaired) electrons. The lowest BCUT2D eigenvalue weighted by Gasteiger charge is -2.38. The molecule has 11 nitrogen and oxygen atoms in total. The van der Waals surface area contributed by atoms with Crippen molar-refractivity contribution >= 4 is 29.8 Å². The van der Waals surface area contributed by atoms with E-state index in [9.17, 15) is 24.0 Å². The molecule has 0 fully saturated rings. The van der Waals surface area contributed by atoms with E-state index in [0.29, 0.717) is 0 Å². The van der Waals surface area contributed by atoms with Crippen molar-refractivity contribution in [3.8, 4) is 0 Å². The smallest absolute Gasteiger partial charge is 0.303 e. The van der Waals surface area contributed by atoms with E-state index in [1.54, 1.807) is 0 Å². The number of nitrogens with zero attached hydrogens (tertiary/aromatic N) is 1. The summed E-state index contributed by atoms with van der Waals surface area (Å²) in [6, 6.07) is -0.902. The molecule has 0 heterocycles. The van der Waals surface area contributed by atoms with Crippen LogP contribution in [0.2, 0.25) is 0 Å². The number of likely N-dealkylation sites (N-methyl/N-ethyl adjacent to an activating group) is 1. The molecule has 0 aromatic rings. The monoisotopic (exact) mass is 419 g/mol. The Labute approximate surface area is 169 Å². The Morgan fingerprint density at radius 3 is 1.59 bits per heavy atom. The Hall–Kier alpha value is -2.69. The molecule has 0 aliphatic rings. The summed E-state index contributed by atoms with van der Waals surface area (Å²) < 4.78 is 25.9. The van der Waals surface area contributed by atoms with Gasteiger partial charge in [0, 0.05) is 48.8 Å². The van der Waals surface area contributed by atoms with Crippen LogP contribution in [-0.2, 0) is 47.7 Å². The molecule has 0 aromatic heterocycles. The van der Waals surface area contributed by atoms with Crippen LogP contribution >= 0.6 is 0 Å². The molecule has 11 heteroatoms. The summed E-state index contributed by atoms with van der Waals surface area (Å²) >= 11 is 0. The third kappa shape index (κ3) is 9.88. The molecular formula is C18H29NO10. The van der Waals surface area contributed by atoms with Crippen molar-refractivity contribution in [3.63, 3.8) is 0 Å². The molecule has 1 amide bonds. The third-order valence-corrected chi connectivity index (χ3v) is 3.86. The minimum Gasteiger partial charge on any atom is -0.464 e. The van der Waals surface area contributed by atoms with Crippen molar-refractivity contribution in [2.75, 3.05) is 27.4 Å². The van der Waals surface area contributed by atoms with Gasteiger partial charge in [0.25, 0.3) is 0 Å². The molecule has 0 aliphatic heterocycles. The van der Waals surface area contributed by atoms with E-state index in [1.165, 1.54) is 32.9 Å². The molecule has 29 heavy (non-hydrogen) atoms. The van der Waals surface area contributed by atoms with Gasteiger partial charge in [0.05, 0.1) is 6.04 Å². The third-order valence-electron chi connectivity index (χ3n) is 3.86. The van der Waals surface area contributed by atoms with Crippen LogP contribution in [0.1, 0.15) is 34.6 Å². The minimum atomic E-state index is -1.27. The fourth-order valence-corrected chi connectivity index (χ4v) is 2.53. The first-order chi connectivity index (χ1) is 13.4. The van der Waals surface area contributed by atoms with E-state index in [4.69, 9.17) is 23.7 Å². The molecule has 0 unspecified atom stereocenters. The molecule has 0 aromatic carbocycles. The van der Waals surface area contributed by atoms with E-state index in [2.05, 4.69) is 0 Å². The van der Waals surface area contributed by atoms with Gasteiger partial charge >= 0.3 is 23.9 Å². The number of amides is 1. The Morgan fingerprint density at radius 1 is 0.724 bits per heavy atom. The Balaban J connectivity index is 6.06. The van der Waals surface area contributed by atoms with Crippen molar-refractivity contribution in [3.05, 3.63) is 0 Å². The number of carbonyl (C=O) groups excluding carboxylic acids is 5. The molecular weight excluding hydrogens is 390 g/mol. The first-order valence-corrected chi connectivity index (χ1v) is 8.78. The van der Waals surface area contributed by atoms with Crippen molar-refractivity contribution < 1.29 is 47.7 Å². The van der Waals surface area contributed by atoms with Gasteiger partial charge in [-0.1, -0.05) is 0 Å². The maximum Gasteiger partial charge on any atom is 0.303 e. The molecule has 4 atom stereocenters. The lowest BCUT2D eigenvalue weighted by Crippen LogP contribution is -2.57. The van der Waals surface area contributed by atoms with Gasteiger partial charge < -0.3 is 28.6 Å². The van der Waals surface area contributed by atoms with E-state index >= 15 is 0 Å². The van der Waals surface area contributed by atoms with Crippen LogP contribution in [0.5, 0.6) is 0 Å². The SMILES string of the molecule is CO[C@@H]([C@H](OC(C)=O)[C@@H](COC(C)=O)OC(C)=O)[C@H](COC(C)=O)N(C)C(C)=O. The number of ether oxygens (including phenoxy) is 5. The molecule has 0 rings (SSSR count). The van der Waals surface area contributed by atoms with Crippen molar-refractivity contribution in [2.45, 2.75) is 59.0 Å². The first kappa shape index (κ1) is 26.3. The van der Waals surface area contributed by atoms with E-state index in [1.807, 2.05) is 0 Å². The Bertz CT molecular complexity index is 605. The minimum absolute atomic E-state index is 0.276. The van der Waals surface area contributed by atoms with Crippen LogP contribution in [0.3, 0.4) is 0 Å². The zero-order chi connectivity index (χ0) is 22.7. The molecule has 0 N–H and O–H groups in total. The molecule has 0 aliphatic carbocycles. The van der Waals surface area contributed by atoms with Crippen LogP contribution in [0.25, 0.3) is 0 Å². The van der Waals surface area contributed by atoms with Crippen molar-refractivity contribution in [1.82, 2.24) is 4.90 Å². The van der Waals surface area contributed by atoms with Gasteiger partial charge in [-0.25, -0.2) is 0 Å². The van der Waals surface area contributed by atoms with Crippen LogP contribution in [-0.4, -0.2) is 86.4 Å². The zero-order valence-corrected chi connectivity index (χ0v) is 17.8. The topological polar surface area (TPSA) is 135 Å². The van der Waals surface area contributed by atoms with Crippen LogP contribution in [0.4, 0.5) is 0 Å². The number of hydrogen-bond acceptors (Lipinski definition) is 10. The predicted molar refractivity (Wildman–Crippen MR) is 97.4 cm³/mol. The van der Waals surface area contributed by atoms with Gasteiger partial charge in [0.1, 0.15) is 19.3 Å². The number of carbonyl (C=O) groups is 5. The van der Waals surface area contributed by atoms with Crippen LogP contribution in [0.15, 0.2) is 0 Å². The lowest BCUT2D eigenvalue weighted by atomic mass is 9.99. The number of rotatable bonds is 11. The predicted octanol–water partition coefficient (Wildman–Crippen LogP) is -0.162. The zero-order valence-electron chi connectivity index (χ0n) is 17.8. The summed E-state index contributed by atoms with van der Waals surface area (Å²) in [5, 5.41) is 0. The standard InChI is InChI=1S/C18H29NO10/c1-10(20)19(6)15(8-26-11(2)21)17(25-7)18(29-14(5)24)16(28-13(4)23)9-27-12(3)22/h15-18H,8-9H2,1-7H3/t15-,16+,17+,18+/m0/s1. The molecule has 0 saturated heterocycles. The number of methoxy groups -OCH3 is 1. The Kier molecular flexibility index (Phi) is 11.5. The second kappa shape index (κ2) is 12.7. The second-order valence-corrected chi connectivity index (χ2v) is 6.22. The van der Waals surface area contributed by atoms with Gasteiger partial charge in [-0.2, -0.15) is 0 Å². The molecule has 0 spiro atoms. The summed E-state index contributed by atoms with van der Waals surface area (Å²) in [6.45, 7) is 5.21. The van der Waals surface area contributed by atoms with Gasteiger partial charge in [0.2, 0.25) is 5.91 Å². The van der Waals surface area contributed by atoms with Gasteiger partial charge in [-0.05, 0) is 0 Å². The Morgan fingerprint density at radius 2 is 1.21 bits per heavy atom. The van der Waals surface area contributed by atoms with Gasteiger partial charge in [-0.3, -0.25) is 24.0 Å².